The molecule has 6 heavy (non-hydrogen) atoms. The Hall–Kier alpha value is 0.250. The first kappa shape index (κ1) is 4.41. The van der Waals surface area contributed by atoms with Gasteiger partial charge in [-0.15, -0.1) is 0 Å². The molecule has 2 heteroatoms. The van der Waals surface area contributed by atoms with Gasteiger partial charge in [-0.25, -0.2) is 4.42 Å². The third kappa shape index (κ3) is 0.660. The third-order valence-electron chi connectivity index (χ3n) is 1.02. The van der Waals surface area contributed by atoms with Crippen LogP contribution in [0.25, 0.3) is 0 Å². The molecule has 1 aliphatic heterocycles. The van der Waals surface area contributed by atoms with Gasteiger partial charge < -0.3 is 0 Å². The van der Waals surface area contributed by atoms with Gasteiger partial charge in [0.1, 0.15) is 0 Å². The van der Waals surface area contributed by atoms with E-state index in [4.69, 9.17) is 11.8 Å². The molecule has 1 heterocycles. The minimum absolute atomic E-state index is 0.836. The van der Waals surface area contributed by atoms with Gasteiger partial charge in [0.25, 0.3) is 0 Å². The molecule has 0 bridgehead atoms. The van der Waals surface area contributed by atoms with Crippen molar-refractivity contribution >= 4 is 11.8 Å². The fourth-order valence-electron chi connectivity index (χ4n) is 0.623. The van der Waals surface area contributed by atoms with Crippen molar-refractivity contribution in [2.24, 2.45) is 5.92 Å². The summed E-state index contributed by atoms with van der Waals surface area (Å²) in [5.41, 5.74) is 0. The highest BCUT2D eigenvalue weighted by molar-refractivity contribution is 6.13. The van der Waals surface area contributed by atoms with E-state index >= 15 is 0 Å². The number of hydrogen-bond donors (Lipinski definition) is 0. The second kappa shape index (κ2) is 1.39. The van der Waals surface area contributed by atoms with E-state index in [0.29, 0.717) is 0 Å². The van der Waals surface area contributed by atoms with E-state index in [0.717, 1.165) is 19.0 Å². The maximum absolute atomic E-state index is 5.48. The van der Waals surface area contributed by atoms with Crippen molar-refractivity contribution in [3.63, 3.8) is 0 Å². The van der Waals surface area contributed by atoms with Crippen LogP contribution in [0.4, 0.5) is 0 Å². The minimum Gasteiger partial charge on any atom is -0.220 e. The second-order valence-electron chi connectivity index (χ2n) is 1.93. The second-order valence-corrected chi connectivity index (χ2v) is 2.41. The van der Waals surface area contributed by atoms with E-state index in [1.807, 2.05) is 0 Å². The fraction of sp³-hybridized carbons (Fsp3) is 1.00. The van der Waals surface area contributed by atoms with E-state index < -0.39 is 0 Å². The van der Waals surface area contributed by atoms with E-state index in [9.17, 15) is 0 Å². The van der Waals surface area contributed by atoms with Gasteiger partial charge in [0.15, 0.2) is 0 Å². The van der Waals surface area contributed by atoms with E-state index in [-0.39, 0.29) is 0 Å². The van der Waals surface area contributed by atoms with Gasteiger partial charge in [0.2, 0.25) is 0 Å². The average Bonchev–Trinajstić information content (AvgIpc) is 1.33. The Kier molecular flexibility index (Phi) is 1.02. The summed E-state index contributed by atoms with van der Waals surface area (Å²) in [7, 11) is 0. The molecule has 0 aliphatic carbocycles. The SMILES string of the molecule is CC1CN(Cl)C1. The lowest BCUT2D eigenvalue weighted by molar-refractivity contribution is 0.228. The zero-order valence-electron chi connectivity index (χ0n) is 3.82. The minimum atomic E-state index is 0.836. The van der Waals surface area contributed by atoms with Gasteiger partial charge in [-0.2, -0.15) is 0 Å². The molecule has 0 amide bonds. The zero-order valence-corrected chi connectivity index (χ0v) is 4.57. The van der Waals surface area contributed by atoms with Crippen molar-refractivity contribution in [3.8, 4) is 0 Å². The maximum Gasteiger partial charge on any atom is 0.0177 e. The summed E-state index contributed by atoms with van der Waals surface area (Å²) < 4.78 is 1.80. The highest BCUT2D eigenvalue weighted by Crippen LogP contribution is 2.15. The van der Waals surface area contributed by atoms with Crippen molar-refractivity contribution < 1.29 is 0 Å². The maximum atomic E-state index is 5.48. The Labute approximate surface area is 43.0 Å². The normalized spacial score (nSPS) is 27.0. The quantitative estimate of drug-likeness (QED) is 0.417. The number of rotatable bonds is 0. The molecule has 0 radical (unpaired) electrons. The van der Waals surface area contributed by atoms with Crippen molar-refractivity contribution in [2.75, 3.05) is 13.1 Å². The largest absolute Gasteiger partial charge is 0.220 e. The standard InChI is InChI=1S/C4H8ClN/c1-4-2-6(5)3-4/h4H,2-3H2,1H3. The highest BCUT2D eigenvalue weighted by atomic mass is 35.5. The van der Waals surface area contributed by atoms with Gasteiger partial charge >= 0.3 is 0 Å². The van der Waals surface area contributed by atoms with Crippen molar-refractivity contribution in [1.29, 1.82) is 0 Å². The first-order valence-corrected chi connectivity index (χ1v) is 2.53. The summed E-state index contributed by atoms with van der Waals surface area (Å²) in [5, 5.41) is 0. The lowest BCUT2D eigenvalue weighted by atomic mass is 10.1. The van der Waals surface area contributed by atoms with Gasteiger partial charge in [0.05, 0.1) is 0 Å². The highest BCUT2D eigenvalue weighted by Gasteiger charge is 2.19. The molecule has 0 N–H and O–H groups in total. The summed E-state index contributed by atoms with van der Waals surface area (Å²) in [6.45, 7) is 4.34. The number of hydrogen-bond acceptors (Lipinski definition) is 1. The molecule has 36 valence electrons. The molecule has 1 rings (SSSR count). The molecule has 0 aromatic heterocycles. The Bertz CT molecular complexity index is 43.5. The lowest BCUT2D eigenvalue weighted by Crippen LogP contribution is -2.37. The Morgan fingerprint density at radius 2 is 2.17 bits per heavy atom. The fourth-order valence-corrected chi connectivity index (χ4v) is 1.09. The molecule has 0 aromatic carbocycles. The molecule has 0 unspecified atom stereocenters. The van der Waals surface area contributed by atoms with Gasteiger partial charge in [-0.05, 0) is 17.7 Å². The van der Waals surface area contributed by atoms with Crippen LogP contribution in [0, 0.1) is 5.92 Å². The van der Waals surface area contributed by atoms with E-state index in [1.54, 1.807) is 4.42 Å². The van der Waals surface area contributed by atoms with E-state index in [1.165, 1.54) is 0 Å². The van der Waals surface area contributed by atoms with Crippen LogP contribution in [0.15, 0.2) is 0 Å². The number of nitrogens with zero attached hydrogens (tertiary/aromatic N) is 1. The van der Waals surface area contributed by atoms with E-state index in [2.05, 4.69) is 6.92 Å². The summed E-state index contributed by atoms with van der Waals surface area (Å²) in [6, 6.07) is 0. The monoisotopic (exact) mass is 105 g/mol. The molecular weight excluding hydrogens is 97.5 g/mol. The Balaban J connectivity index is 2.11. The number of halogens is 1. The molecule has 0 saturated carbocycles. The zero-order chi connectivity index (χ0) is 4.57. The molecular formula is C4H8ClN. The third-order valence-corrected chi connectivity index (χ3v) is 1.30. The van der Waals surface area contributed by atoms with Crippen LogP contribution >= 0.6 is 11.8 Å². The summed E-state index contributed by atoms with van der Waals surface area (Å²) in [4.78, 5) is 0. The van der Waals surface area contributed by atoms with Gasteiger partial charge in [-0.3, -0.25) is 0 Å². The molecule has 1 saturated heterocycles. The molecule has 1 fully saturated rings. The van der Waals surface area contributed by atoms with Crippen molar-refractivity contribution in [1.82, 2.24) is 4.42 Å². The first-order chi connectivity index (χ1) is 2.79. The summed E-state index contributed by atoms with van der Waals surface area (Å²) >= 11 is 5.48. The Morgan fingerprint density at radius 3 is 2.17 bits per heavy atom. The average molecular weight is 106 g/mol. The van der Waals surface area contributed by atoms with Crippen molar-refractivity contribution in [2.45, 2.75) is 6.92 Å². The predicted molar refractivity (Wildman–Crippen MR) is 26.6 cm³/mol. The Morgan fingerprint density at radius 1 is 1.67 bits per heavy atom. The summed E-state index contributed by atoms with van der Waals surface area (Å²) in [5.74, 6) is 0.836. The molecule has 1 aliphatic rings. The first-order valence-electron chi connectivity index (χ1n) is 2.20. The molecule has 0 atom stereocenters. The lowest BCUT2D eigenvalue weighted by Gasteiger charge is -2.29. The van der Waals surface area contributed by atoms with Crippen LogP contribution in [0.1, 0.15) is 6.92 Å². The van der Waals surface area contributed by atoms with Crippen LogP contribution in [-0.2, 0) is 0 Å². The molecule has 0 aromatic rings. The smallest absolute Gasteiger partial charge is 0.0177 e. The molecule has 1 nitrogen and oxygen atoms in total. The topological polar surface area (TPSA) is 3.24 Å². The van der Waals surface area contributed by atoms with Gasteiger partial charge in [0, 0.05) is 13.1 Å². The van der Waals surface area contributed by atoms with Gasteiger partial charge in [-0.1, -0.05) is 6.92 Å². The molecule has 0 spiro atoms. The van der Waals surface area contributed by atoms with Crippen molar-refractivity contribution in [3.05, 3.63) is 0 Å². The van der Waals surface area contributed by atoms with Crippen LogP contribution in [0.3, 0.4) is 0 Å². The van der Waals surface area contributed by atoms with Crippen LogP contribution in [0.5, 0.6) is 0 Å². The van der Waals surface area contributed by atoms with Crippen LogP contribution < -0.4 is 0 Å². The van der Waals surface area contributed by atoms with Crippen LogP contribution in [0.2, 0.25) is 0 Å². The predicted octanol–water partition coefficient (Wildman–Crippen LogP) is 1.09. The van der Waals surface area contributed by atoms with Crippen LogP contribution in [-0.4, -0.2) is 17.5 Å². The summed E-state index contributed by atoms with van der Waals surface area (Å²) in [6.07, 6.45) is 0.